The molecule has 2 N–H and O–H groups in total. The van der Waals surface area contributed by atoms with Crippen molar-refractivity contribution in [1.82, 2.24) is 4.98 Å². The van der Waals surface area contributed by atoms with Gasteiger partial charge in [0.2, 0.25) is 0 Å². The summed E-state index contributed by atoms with van der Waals surface area (Å²) in [4.78, 5) is 4.61. The Bertz CT molecular complexity index is 599. The number of benzene rings is 1. The van der Waals surface area contributed by atoms with Crippen LogP contribution in [0.1, 0.15) is 48.6 Å². The van der Waals surface area contributed by atoms with E-state index in [0.717, 1.165) is 16.3 Å². The average Bonchev–Trinajstić information content (AvgIpc) is 2.76. The molecule has 4 heteroatoms. The first-order valence-corrected chi connectivity index (χ1v) is 7.62. The normalized spacial score (nSPS) is 13.5. The van der Waals surface area contributed by atoms with Crippen molar-refractivity contribution in [3.63, 3.8) is 0 Å². The highest BCUT2D eigenvalue weighted by atomic mass is 32.1. The maximum atomic E-state index is 13.9. The third kappa shape index (κ3) is 3.44. The summed E-state index contributed by atoms with van der Waals surface area (Å²) >= 11 is 1.59. The zero-order valence-corrected chi connectivity index (χ0v) is 13.2. The molecule has 0 radical (unpaired) electrons. The van der Waals surface area contributed by atoms with E-state index in [1.807, 2.05) is 13.0 Å². The van der Waals surface area contributed by atoms with Crippen molar-refractivity contribution in [2.45, 2.75) is 45.6 Å². The molecule has 0 aliphatic carbocycles. The Kier molecular flexibility index (Phi) is 4.25. The van der Waals surface area contributed by atoms with Gasteiger partial charge in [-0.2, -0.15) is 0 Å². The molecular formula is C16H21FN2S. The quantitative estimate of drug-likeness (QED) is 0.923. The Morgan fingerprint density at radius 3 is 2.60 bits per heavy atom. The topological polar surface area (TPSA) is 38.9 Å². The molecule has 1 aromatic heterocycles. The van der Waals surface area contributed by atoms with Crippen molar-refractivity contribution in [1.29, 1.82) is 0 Å². The van der Waals surface area contributed by atoms with Crippen LogP contribution in [0, 0.1) is 12.7 Å². The van der Waals surface area contributed by atoms with E-state index in [9.17, 15) is 4.39 Å². The number of halogens is 1. The number of nitrogens with two attached hydrogens (primary N) is 1. The Labute approximate surface area is 123 Å². The third-order valence-corrected chi connectivity index (χ3v) is 4.14. The van der Waals surface area contributed by atoms with E-state index in [4.69, 9.17) is 5.73 Å². The maximum Gasteiger partial charge on any atom is 0.128 e. The van der Waals surface area contributed by atoms with Crippen LogP contribution in [0.25, 0.3) is 0 Å². The Balaban J connectivity index is 2.15. The van der Waals surface area contributed by atoms with Crippen molar-refractivity contribution < 1.29 is 4.39 Å². The maximum absolute atomic E-state index is 13.9. The number of aryl methyl sites for hydroxylation is 1. The molecule has 0 fully saturated rings. The van der Waals surface area contributed by atoms with E-state index < -0.39 is 0 Å². The lowest BCUT2D eigenvalue weighted by Gasteiger charge is -2.15. The van der Waals surface area contributed by atoms with E-state index in [1.165, 1.54) is 6.07 Å². The van der Waals surface area contributed by atoms with Gasteiger partial charge in [-0.1, -0.05) is 32.9 Å². The third-order valence-electron chi connectivity index (χ3n) is 3.27. The van der Waals surface area contributed by atoms with Gasteiger partial charge in [-0.15, -0.1) is 11.3 Å². The highest BCUT2D eigenvalue weighted by Gasteiger charge is 2.19. The number of thiazole rings is 1. The summed E-state index contributed by atoms with van der Waals surface area (Å²) in [6.07, 6.45) is 0.570. The van der Waals surface area contributed by atoms with Crippen molar-refractivity contribution in [3.05, 3.63) is 51.2 Å². The van der Waals surface area contributed by atoms with Crippen molar-refractivity contribution in [3.8, 4) is 0 Å². The molecule has 108 valence electrons. The zero-order valence-electron chi connectivity index (χ0n) is 12.4. The second-order valence-corrected chi connectivity index (χ2v) is 7.15. The van der Waals surface area contributed by atoms with Crippen LogP contribution in [0.4, 0.5) is 4.39 Å². The first kappa shape index (κ1) is 15.1. The fourth-order valence-electron chi connectivity index (χ4n) is 1.98. The standard InChI is InChI=1S/C16H21FN2S/c1-10-5-6-11(12(17)7-10)13(18)8-15-19-14(9-20-15)16(2,3)4/h5-7,9,13H,8,18H2,1-4H3. The molecule has 0 saturated carbocycles. The van der Waals surface area contributed by atoms with E-state index in [-0.39, 0.29) is 17.3 Å². The second kappa shape index (κ2) is 5.62. The van der Waals surface area contributed by atoms with E-state index in [1.54, 1.807) is 17.4 Å². The zero-order chi connectivity index (χ0) is 14.9. The van der Waals surface area contributed by atoms with E-state index in [0.29, 0.717) is 12.0 Å². The molecule has 0 aliphatic rings. The fourth-order valence-corrected chi connectivity index (χ4v) is 3.06. The molecule has 2 aromatic rings. The second-order valence-electron chi connectivity index (χ2n) is 6.21. The van der Waals surface area contributed by atoms with Crippen LogP contribution < -0.4 is 5.73 Å². The molecule has 1 heterocycles. The van der Waals surface area contributed by atoms with Crippen LogP contribution in [0.15, 0.2) is 23.6 Å². The van der Waals surface area contributed by atoms with Gasteiger partial charge < -0.3 is 5.73 Å². The van der Waals surface area contributed by atoms with Crippen molar-refractivity contribution >= 4 is 11.3 Å². The Morgan fingerprint density at radius 2 is 2.05 bits per heavy atom. The molecular weight excluding hydrogens is 271 g/mol. The monoisotopic (exact) mass is 292 g/mol. The number of rotatable bonds is 3. The summed E-state index contributed by atoms with van der Waals surface area (Å²) in [7, 11) is 0. The van der Waals surface area contributed by atoms with Crippen molar-refractivity contribution in [2.75, 3.05) is 0 Å². The van der Waals surface area contributed by atoms with Gasteiger partial charge in [0.1, 0.15) is 5.82 Å². The van der Waals surface area contributed by atoms with Crippen LogP contribution in [0.3, 0.4) is 0 Å². The van der Waals surface area contributed by atoms with Crippen LogP contribution in [-0.2, 0) is 11.8 Å². The van der Waals surface area contributed by atoms with Gasteiger partial charge in [-0.05, 0) is 18.6 Å². The molecule has 0 amide bonds. The first-order chi connectivity index (χ1) is 9.27. The highest BCUT2D eigenvalue weighted by molar-refractivity contribution is 7.09. The minimum absolute atomic E-state index is 0.0357. The summed E-state index contributed by atoms with van der Waals surface area (Å²) in [5.74, 6) is -0.231. The number of nitrogens with zero attached hydrogens (tertiary/aromatic N) is 1. The van der Waals surface area contributed by atoms with Crippen LogP contribution in [0.2, 0.25) is 0 Å². The van der Waals surface area contributed by atoms with Crippen LogP contribution in [-0.4, -0.2) is 4.98 Å². The molecule has 2 rings (SSSR count). The lowest BCUT2D eigenvalue weighted by atomic mass is 9.93. The molecule has 1 atom stereocenters. The molecule has 1 aromatic carbocycles. The average molecular weight is 292 g/mol. The summed E-state index contributed by atoms with van der Waals surface area (Å²) in [6, 6.07) is 4.83. The first-order valence-electron chi connectivity index (χ1n) is 6.74. The number of hydrogen-bond donors (Lipinski definition) is 1. The molecule has 0 spiro atoms. The van der Waals surface area contributed by atoms with E-state index >= 15 is 0 Å². The fraction of sp³-hybridized carbons (Fsp3) is 0.438. The predicted octanol–water partition coefficient (Wildman–Crippen LogP) is 4.13. The van der Waals surface area contributed by atoms with Crippen LogP contribution >= 0.6 is 11.3 Å². The van der Waals surface area contributed by atoms with Gasteiger partial charge in [-0.25, -0.2) is 9.37 Å². The summed E-state index contributed by atoms with van der Waals surface area (Å²) in [6.45, 7) is 8.26. The summed E-state index contributed by atoms with van der Waals surface area (Å²) < 4.78 is 13.9. The molecule has 2 nitrogen and oxygen atoms in total. The van der Waals surface area contributed by atoms with Gasteiger partial charge in [0.25, 0.3) is 0 Å². The Hall–Kier alpha value is -1.26. The van der Waals surface area contributed by atoms with Gasteiger partial charge in [0, 0.05) is 28.8 Å². The number of aromatic nitrogens is 1. The highest BCUT2D eigenvalue weighted by Crippen LogP contribution is 2.27. The lowest BCUT2D eigenvalue weighted by molar-refractivity contribution is 0.563. The summed E-state index contributed by atoms with van der Waals surface area (Å²) in [5, 5.41) is 3.02. The SMILES string of the molecule is Cc1ccc(C(N)Cc2nc(C(C)(C)C)cs2)c(F)c1. The van der Waals surface area contributed by atoms with Gasteiger partial charge in [0.05, 0.1) is 10.7 Å². The molecule has 20 heavy (non-hydrogen) atoms. The lowest BCUT2D eigenvalue weighted by Crippen LogP contribution is -2.16. The molecule has 0 saturated heterocycles. The van der Waals surface area contributed by atoms with Gasteiger partial charge in [-0.3, -0.25) is 0 Å². The predicted molar refractivity (Wildman–Crippen MR) is 82.6 cm³/mol. The van der Waals surface area contributed by atoms with Crippen LogP contribution in [0.5, 0.6) is 0 Å². The molecule has 0 aliphatic heterocycles. The number of hydrogen-bond acceptors (Lipinski definition) is 3. The smallest absolute Gasteiger partial charge is 0.128 e. The minimum Gasteiger partial charge on any atom is -0.324 e. The van der Waals surface area contributed by atoms with E-state index in [2.05, 4.69) is 31.1 Å². The van der Waals surface area contributed by atoms with Crippen molar-refractivity contribution in [2.24, 2.45) is 5.73 Å². The van der Waals surface area contributed by atoms with Gasteiger partial charge >= 0.3 is 0 Å². The Morgan fingerprint density at radius 1 is 1.35 bits per heavy atom. The molecule has 1 unspecified atom stereocenters. The van der Waals surface area contributed by atoms with Gasteiger partial charge in [0.15, 0.2) is 0 Å². The minimum atomic E-state index is -0.352. The molecule has 0 bridgehead atoms. The largest absolute Gasteiger partial charge is 0.324 e. The summed E-state index contributed by atoms with van der Waals surface area (Å²) in [5.41, 5.74) is 8.69.